The van der Waals surface area contributed by atoms with Gasteiger partial charge in [0.25, 0.3) is 0 Å². The monoisotopic (exact) mass is 261 g/mol. The average Bonchev–Trinajstić information content (AvgIpc) is 2.16. The molecule has 0 atom stereocenters. The predicted octanol–water partition coefficient (Wildman–Crippen LogP) is 2.30. The standard InChI is InChI=1S/C10H12ClNO3S/c1-3-16(14,15)12-8-4-5-9(7(2)13)10(11)6-8/h4-6,12H,3H2,1-2H3. The summed E-state index contributed by atoms with van der Waals surface area (Å²) in [6.45, 7) is 2.94. The number of hydrogen-bond donors (Lipinski definition) is 1. The third-order valence-electron chi connectivity index (χ3n) is 2.00. The molecule has 88 valence electrons. The van der Waals surface area contributed by atoms with E-state index in [0.29, 0.717) is 11.3 Å². The molecule has 0 unspecified atom stereocenters. The molecular formula is C10H12ClNO3S. The van der Waals surface area contributed by atoms with Gasteiger partial charge in [-0.05, 0) is 32.0 Å². The van der Waals surface area contributed by atoms with Crippen molar-refractivity contribution < 1.29 is 13.2 Å². The fourth-order valence-corrected chi connectivity index (χ4v) is 2.06. The molecule has 0 bridgehead atoms. The maximum atomic E-state index is 11.3. The molecule has 0 saturated heterocycles. The summed E-state index contributed by atoms with van der Waals surface area (Å²) in [4.78, 5) is 11.1. The largest absolute Gasteiger partial charge is 0.294 e. The summed E-state index contributed by atoms with van der Waals surface area (Å²) in [6.07, 6.45) is 0. The summed E-state index contributed by atoms with van der Waals surface area (Å²) >= 11 is 5.84. The van der Waals surface area contributed by atoms with Crippen molar-refractivity contribution >= 4 is 33.1 Å². The summed E-state index contributed by atoms with van der Waals surface area (Å²) in [5.41, 5.74) is 0.734. The fourth-order valence-electron chi connectivity index (χ4n) is 1.12. The first-order chi connectivity index (χ1) is 7.35. The molecule has 1 N–H and O–H groups in total. The zero-order valence-corrected chi connectivity index (χ0v) is 10.5. The smallest absolute Gasteiger partial charge is 0.232 e. The van der Waals surface area contributed by atoms with Crippen LogP contribution in [0.2, 0.25) is 5.02 Å². The molecule has 0 heterocycles. The molecule has 1 aromatic rings. The Kier molecular flexibility index (Phi) is 3.93. The molecule has 1 aromatic carbocycles. The quantitative estimate of drug-likeness (QED) is 0.846. The molecule has 0 fully saturated rings. The summed E-state index contributed by atoms with van der Waals surface area (Å²) in [6, 6.07) is 4.43. The van der Waals surface area contributed by atoms with Gasteiger partial charge in [-0.25, -0.2) is 8.42 Å². The second kappa shape index (κ2) is 4.84. The Morgan fingerprint density at radius 3 is 2.50 bits per heavy atom. The highest BCUT2D eigenvalue weighted by Crippen LogP contribution is 2.22. The van der Waals surface area contributed by atoms with Crippen molar-refractivity contribution in [2.75, 3.05) is 10.5 Å². The van der Waals surface area contributed by atoms with Crippen LogP contribution < -0.4 is 4.72 Å². The molecule has 0 spiro atoms. The minimum absolute atomic E-state index is 0.0148. The van der Waals surface area contributed by atoms with Gasteiger partial charge in [0, 0.05) is 11.3 Å². The van der Waals surface area contributed by atoms with Crippen molar-refractivity contribution in [3.63, 3.8) is 0 Å². The van der Waals surface area contributed by atoms with Gasteiger partial charge >= 0.3 is 0 Å². The van der Waals surface area contributed by atoms with E-state index in [0.717, 1.165) is 0 Å². The second-order valence-corrected chi connectivity index (χ2v) is 5.67. The van der Waals surface area contributed by atoms with E-state index in [2.05, 4.69) is 4.72 Å². The fraction of sp³-hybridized carbons (Fsp3) is 0.300. The molecule has 0 aliphatic carbocycles. The SMILES string of the molecule is CCS(=O)(=O)Nc1ccc(C(C)=O)c(Cl)c1. The number of halogens is 1. The van der Waals surface area contributed by atoms with Crippen LogP contribution in [0.25, 0.3) is 0 Å². The maximum absolute atomic E-state index is 11.3. The normalized spacial score (nSPS) is 11.2. The molecule has 0 amide bonds. The molecule has 4 nitrogen and oxygen atoms in total. The van der Waals surface area contributed by atoms with Crippen LogP contribution in [0.3, 0.4) is 0 Å². The van der Waals surface area contributed by atoms with Gasteiger partial charge in [0.15, 0.2) is 5.78 Å². The summed E-state index contributed by atoms with van der Waals surface area (Å²) < 4.78 is 24.9. The van der Waals surface area contributed by atoms with Crippen LogP contribution in [-0.2, 0) is 10.0 Å². The Labute approximate surface area is 99.7 Å². The van der Waals surface area contributed by atoms with Gasteiger partial charge in [-0.2, -0.15) is 0 Å². The minimum atomic E-state index is -3.32. The minimum Gasteiger partial charge on any atom is -0.294 e. The maximum Gasteiger partial charge on any atom is 0.232 e. The Bertz CT molecular complexity index is 511. The van der Waals surface area contributed by atoms with Gasteiger partial charge in [0.2, 0.25) is 10.0 Å². The van der Waals surface area contributed by atoms with Crippen molar-refractivity contribution in [1.29, 1.82) is 0 Å². The van der Waals surface area contributed by atoms with Crippen LogP contribution >= 0.6 is 11.6 Å². The number of rotatable bonds is 4. The highest BCUT2D eigenvalue weighted by Gasteiger charge is 2.10. The molecular weight excluding hydrogens is 250 g/mol. The van der Waals surface area contributed by atoms with Gasteiger partial charge in [-0.15, -0.1) is 0 Å². The number of hydrogen-bond acceptors (Lipinski definition) is 3. The lowest BCUT2D eigenvalue weighted by molar-refractivity contribution is 0.101. The number of nitrogens with one attached hydrogen (secondary N) is 1. The van der Waals surface area contributed by atoms with Gasteiger partial charge in [-0.1, -0.05) is 11.6 Å². The molecule has 16 heavy (non-hydrogen) atoms. The van der Waals surface area contributed by atoms with Crippen molar-refractivity contribution in [2.24, 2.45) is 0 Å². The second-order valence-electron chi connectivity index (χ2n) is 3.26. The average molecular weight is 262 g/mol. The Morgan fingerprint density at radius 2 is 2.06 bits per heavy atom. The predicted molar refractivity (Wildman–Crippen MR) is 64.5 cm³/mol. The van der Waals surface area contributed by atoms with Crippen molar-refractivity contribution in [3.8, 4) is 0 Å². The highest BCUT2D eigenvalue weighted by atomic mass is 35.5. The molecule has 1 rings (SSSR count). The van der Waals surface area contributed by atoms with E-state index in [1.165, 1.54) is 32.0 Å². The van der Waals surface area contributed by atoms with Gasteiger partial charge in [-0.3, -0.25) is 9.52 Å². The number of carbonyl (C=O) groups excluding carboxylic acids is 1. The number of carbonyl (C=O) groups is 1. The van der Waals surface area contributed by atoms with E-state index in [1.54, 1.807) is 0 Å². The van der Waals surface area contributed by atoms with Gasteiger partial charge in [0.05, 0.1) is 10.8 Å². The van der Waals surface area contributed by atoms with Crippen LogP contribution in [0.4, 0.5) is 5.69 Å². The van der Waals surface area contributed by atoms with E-state index in [9.17, 15) is 13.2 Å². The van der Waals surface area contributed by atoms with E-state index < -0.39 is 10.0 Å². The lowest BCUT2D eigenvalue weighted by Crippen LogP contribution is -2.14. The first-order valence-electron chi connectivity index (χ1n) is 4.66. The molecule has 0 aliphatic heterocycles. The number of ketones is 1. The molecule has 0 radical (unpaired) electrons. The Balaban J connectivity index is 3.03. The molecule has 0 aromatic heterocycles. The van der Waals surface area contributed by atoms with E-state index >= 15 is 0 Å². The van der Waals surface area contributed by atoms with E-state index in [4.69, 9.17) is 11.6 Å². The third kappa shape index (κ3) is 3.21. The van der Waals surface area contributed by atoms with Crippen LogP contribution in [-0.4, -0.2) is 20.0 Å². The summed E-state index contributed by atoms with van der Waals surface area (Å²) in [5, 5.41) is 0.240. The number of benzene rings is 1. The van der Waals surface area contributed by atoms with Crippen molar-refractivity contribution in [1.82, 2.24) is 0 Å². The first kappa shape index (κ1) is 13.0. The number of Topliss-reactive ketones (excluding diaryl/α,β-unsaturated/α-hetero) is 1. The summed E-state index contributed by atoms with van der Waals surface area (Å²) in [5.74, 6) is -0.172. The van der Waals surface area contributed by atoms with Crippen LogP contribution in [0.1, 0.15) is 24.2 Å². The van der Waals surface area contributed by atoms with Crippen LogP contribution in [0.5, 0.6) is 0 Å². The Morgan fingerprint density at radius 1 is 1.44 bits per heavy atom. The lowest BCUT2D eigenvalue weighted by atomic mass is 10.1. The highest BCUT2D eigenvalue weighted by molar-refractivity contribution is 7.92. The van der Waals surface area contributed by atoms with E-state index in [1.807, 2.05) is 0 Å². The zero-order valence-electron chi connectivity index (χ0n) is 8.95. The number of sulfonamides is 1. The first-order valence-corrected chi connectivity index (χ1v) is 6.69. The van der Waals surface area contributed by atoms with Crippen LogP contribution in [0, 0.1) is 0 Å². The molecule has 0 aliphatic rings. The third-order valence-corrected chi connectivity index (χ3v) is 3.62. The van der Waals surface area contributed by atoms with E-state index in [-0.39, 0.29) is 16.6 Å². The topological polar surface area (TPSA) is 63.2 Å². The zero-order chi connectivity index (χ0) is 12.3. The van der Waals surface area contributed by atoms with Crippen LogP contribution in [0.15, 0.2) is 18.2 Å². The lowest BCUT2D eigenvalue weighted by Gasteiger charge is -2.07. The number of anilines is 1. The Hall–Kier alpha value is -1.07. The molecule has 6 heteroatoms. The van der Waals surface area contributed by atoms with Crippen molar-refractivity contribution in [2.45, 2.75) is 13.8 Å². The summed E-state index contributed by atoms with van der Waals surface area (Å²) in [7, 11) is -3.32. The van der Waals surface area contributed by atoms with Crippen molar-refractivity contribution in [3.05, 3.63) is 28.8 Å². The molecule has 0 saturated carbocycles. The van der Waals surface area contributed by atoms with Gasteiger partial charge in [0.1, 0.15) is 0 Å². The van der Waals surface area contributed by atoms with Gasteiger partial charge < -0.3 is 0 Å².